The number of rotatable bonds is 5. The molecule has 0 atom stereocenters. The number of aromatic nitrogens is 1. The maximum atomic E-state index is 5.54. The van der Waals surface area contributed by atoms with Crippen molar-refractivity contribution in [3.63, 3.8) is 0 Å². The minimum absolute atomic E-state index is 0.346. The summed E-state index contributed by atoms with van der Waals surface area (Å²) in [6.07, 6.45) is 5.42. The first kappa shape index (κ1) is 10.9. The van der Waals surface area contributed by atoms with E-state index in [1.165, 1.54) is 0 Å². The van der Waals surface area contributed by atoms with Crippen LogP contribution in [-0.4, -0.2) is 16.6 Å². The Balaban J connectivity index is 2.69. The molecule has 76 valence electrons. The molecule has 0 aliphatic rings. The molecule has 0 aliphatic heterocycles. The van der Waals surface area contributed by atoms with Gasteiger partial charge in [-0.15, -0.1) is 0 Å². The van der Waals surface area contributed by atoms with E-state index >= 15 is 0 Å². The van der Waals surface area contributed by atoms with Gasteiger partial charge >= 0.3 is 0 Å². The molecule has 1 aromatic rings. The molecule has 0 unspecified atom stereocenters. The van der Waals surface area contributed by atoms with Crippen molar-refractivity contribution in [2.75, 3.05) is 6.61 Å². The van der Waals surface area contributed by atoms with Crippen molar-refractivity contribution in [1.82, 2.24) is 4.98 Å². The van der Waals surface area contributed by atoms with Crippen molar-refractivity contribution in [3.8, 4) is 5.75 Å². The van der Waals surface area contributed by atoms with Gasteiger partial charge in [-0.1, -0.05) is 25.6 Å². The highest BCUT2D eigenvalue weighted by atomic mass is 32.1. The number of nitrogens with two attached hydrogens (primary N) is 1. The first-order chi connectivity index (χ1) is 6.75. The van der Waals surface area contributed by atoms with Gasteiger partial charge in [0.1, 0.15) is 10.7 Å². The third kappa shape index (κ3) is 2.96. The number of ether oxygens (including phenoxy) is 1. The Bertz CT molecular complexity index is 315. The smallest absolute Gasteiger partial charge is 0.147 e. The second-order valence-electron chi connectivity index (χ2n) is 2.94. The molecule has 2 N–H and O–H groups in total. The van der Waals surface area contributed by atoms with Crippen molar-refractivity contribution < 1.29 is 4.74 Å². The second-order valence-corrected chi connectivity index (χ2v) is 3.38. The summed E-state index contributed by atoms with van der Waals surface area (Å²) in [5.41, 5.74) is 6.30. The minimum atomic E-state index is 0.346. The zero-order valence-electron chi connectivity index (χ0n) is 8.19. The van der Waals surface area contributed by atoms with Crippen molar-refractivity contribution >= 4 is 17.2 Å². The fraction of sp³-hybridized carbons (Fsp3) is 0.400. The van der Waals surface area contributed by atoms with Crippen LogP contribution in [0, 0.1) is 0 Å². The molecule has 1 rings (SSSR count). The van der Waals surface area contributed by atoms with Crippen LogP contribution >= 0.6 is 12.2 Å². The monoisotopic (exact) mass is 210 g/mol. The van der Waals surface area contributed by atoms with Gasteiger partial charge in [0.15, 0.2) is 0 Å². The fourth-order valence-electron chi connectivity index (χ4n) is 1.03. The third-order valence-electron chi connectivity index (χ3n) is 1.81. The van der Waals surface area contributed by atoms with E-state index < -0.39 is 0 Å². The molecule has 0 amide bonds. The Morgan fingerprint density at radius 2 is 2.43 bits per heavy atom. The predicted molar refractivity (Wildman–Crippen MR) is 60.5 cm³/mol. The SMILES string of the molecule is CCCCOc1cnccc1C(N)=S. The van der Waals surface area contributed by atoms with Crippen LogP contribution in [0.1, 0.15) is 25.3 Å². The summed E-state index contributed by atoms with van der Waals surface area (Å²) in [6, 6.07) is 1.77. The lowest BCUT2D eigenvalue weighted by Gasteiger charge is -2.08. The van der Waals surface area contributed by atoms with Gasteiger partial charge in [0.05, 0.1) is 18.4 Å². The van der Waals surface area contributed by atoms with Gasteiger partial charge in [-0.2, -0.15) is 0 Å². The number of hydrogen-bond acceptors (Lipinski definition) is 3. The Hall–Kier alpha value is -1.16. The van der Waals surface area contributed by atoms with Crippen LogP contribution in [0.5, 0.6) is 5.75 Å². The molecule has 1 aromatic heterocycles. The molecule has 0 spiro atoms. The molecule has 4 heteroatoms. The van der Waals surface area contributed by atoms with Gasteiger partial charge in [0.2, 0.25) is 0 Å². The zero-order valence-corrected chi connectivity index (χ0v) is 9.01. The lowest BCUT2D eigenvalue weighted by molar-refractivity contribution is 0.307. The lowest BCUT2D eigenvalue weighted by atomic mass is 10.2. The summed E-state index contributed by atoms with van der Waals surface area (Å²) in [5.74, 6) is 0.674. The van der Waals surface area contributed by atoms with E-state index in [0.29, 0.717) is 17.3 Å². The Kier molecular flexibility index (Phi) is 4.32. The highest BCUT2D eigenvalue weighted by molar-refractivity contribution is 7.80. The number of hydrogen-bond donors (Lipinski definition) is 1. The van der Waals surface area contributed by atoms with E-state index in [-0.39, 0.29) is 0 Å². The number of pyridine rings is 1. The molecule has 0 bridgehead atoms. The van der Waals surface area contributed by atoms with Crippen LogP contribution in [0.3, 0.4) is 0 Å². The number of nitrogens with zero attached hydrogens (tertiary/aromatic N) is 1. The summed E-state index contributed by atoms with van der Waals surface area (Å²) in [6.45, 7) is 2.79. The summed E-state index contributed by atoms with van der Waals surface area (Å²) < 4.78 is 5.51. The second kappa shape index (κ2) is 5.54. The van der Waals surface area contributed by atoms with Crippen molar-refractivity contribution in [3.05, 3.63) is 24.0 Å². The molecule has 0 saturated heterocycles. The van der Waals surface area contributed by atoms with Crippen LogP contribution in [0.4, 0.5) is 0 Å². The minimum Gasteiger partial charge on any atom is -0.491 e. The average molecular weight is 210 g/mol. The normalized spacial score (nSPS) is 9.79. The fourth-order valence-corrected chi connectivity index (χ4v) is 1.19. The highest BCUT2D eigenvalue weighted by Gasteiger charge is 2.04. The van der Waals surface area contributed by atoms with Crippen molar-refractivity contribution in [2.24, 2.45) is 5.73 Å². The molecule has 0 aliphatic carbocycles. The predicted octanol–water partition coefficient (Wildman–Crippen LogP) is 1.89. The third-order valence-corrected chi connectivity index (χ3v) is 2.03. The molecule has 1 heterocycles. The first-order valence-corrected chi connectivity index (χ1v) is 5.03. The topological polar surface area (TPSA) is 48.1 Å². The molecule has 0 fully saturated rings. The van der Waals surface area contributed by atoms with Gasteiger partial charge in [0.25, 0.3) is 0 Å². The maximum absolute atomic E-state index is 5.54. The van der Waals surface area contributed by atoms with E-state index in [1.807, 2.05) is 0 Å². The summed E-state index contributed by atoms with van der Waals surface area (Å²) in [7, 11) is 0. The maximum Gasteiger partial charge on any atom is 0.147 e. The molecule has 0 aromatic carbocycles. The van der Waals surface area contributed by atoms with Gasteiger partial charge in [0, 0.05) is 6.20 Å². The van der Waals surface area contributed by atoms with Crippen LogP contribution in [0.25, 0.3) is 0 Å². The summed E-state index contributed by atoms with van der Waals surface area (Å²) >= 11 is 4.90. The quantitative estimate of drug-likeness (QED) is 0.595. The van der Waals surface area contributed by atoms with Gasteiger partial charge in [-0.3, -0.25) is 4.98 Å². The number of thiocarbonyl (C=S) groups is 1. The first-order valence-electron chi connectivity index (χ1n) is 4.62. The van der Waals surface area contributed by atoms with Crippen molar-refractivity contribution in [1.29, 1.82) is 0 Å². The van der Waals surface area contributed by atoms with Crippen LogP contribution in [-0.2, 0) is 0 Å². The largest absolute Gasteiger partial charge is 0.491 e. The molecular weight excluding hydrogens is 196 g/mol. The average Bonchev–Trinajstić information content (AvgIpc) is 2.19. The van der Waals surface area contributed by atoms with Crippen LogP contribution in [0.2, 0.25) is 0 Å². The van der Waals surface area contributed by atoms with E-state index in [4.69, 9.17) is 22.7 Å². The number of unbranched alkanes of at least 4 members (excludes halogenated alkanes) is 1. The summed E-state index contributed by atoms with van der Waals surface area (Å²) in [4.78, 5) is 4.31. The summed E-state index contributed by atoms with van der Waals surface area (Å²) in [5, 5.41) is 0. The van der Waals surface area contributed by atoms with Crippen LogP contribution < -0.4 is 10.5 Å². The standard InChI is InChI=1S/C10H14N2OS/c1-2-3-6-13-9-7-12-5-4-8(9)10(11)14/h4-5,7H,2-3,6H2,1H3,(H2,11,14). The Labute approximate surface area is 89.3 Å². The molecule has 0 saturated carbocycles. The molecule has 3 nitrogen and oxygen atoms in total. The molecule has 14 heavy (non-hydrogen) atoms. The van der Waals surface area contributed by atoms with Crippen molar-refractivity contribution in [2.45, 2.75) is 19.8 Å². The van der Waals surface area contributed by atoms with Crippen LogP contribution in [0.15, 0.2) is 18.5 Å². The molecule has 0 radical (unpaired) electrons. The highest BCUT2D eigenvalue weighted by Crippen LogP contribution is 2.16. The van der Waals surface area contributed by atoms with E-state index in [9.17, 15) is 0 Å². The van der Waals surface area contributed by atoms with E-state index in [1.54, 1.807) is 18.5 Å². The molecular formula is C10H14N2OS. The Morgan fingerprint density at radius 3 is 3.07 bits per heavy atom. The van der Waals surface area contributed by atoms with Gasteiger partial charge in [-0.05, 0) is 12.5 Å². The zero-order chi connectivity index (χ0) is 10.4. The van der Waals surface area contributed by atoms with E-state index in [0.717, 1.165) is 18.4 Å². The Morgan fingerprint density at radius 1 is 1.64 bits per heavy atom. The lowest BCUT2D eigenvalue weighted by Crippen LogP contribution is -2.12. The van der Waals surface area contributed by atoms with Gasteiger partial charge < -0.3 is 10.5 Å². The van der Waals surface area contributed by atoms with Gasteiger partial charge in [-0.25, -0.2) is 0 Å². The van der Waals surface area contributed by atoms with E-state index in [2.05, 4.69) is 11.9 Å².